The fourth-order valence-corrected chi connectivity index (χ4v) is 2.69. The molecule has 0 saturated carbocycles. The molecule has 4 heteroatoms. The van der Waals surface area contributed by atoms with Crippen LogP contribution < -0.4 is 0 Å². The second-order valence-electron chi connectivity index (χ2n) is 4.24. The lowest BCUT2D eigenvalue weighted by atomic mass is 10.0. The molecule has 98 valence electrons. The van der Waals surface area contributed by atoms with Crippen molar-refractivity contribution in [3.63, 3.8) is 0 Å². The molecule has 1 nitrogen and oxygen atoms in total. The minimum absolute atomic E-state index is 0.0596. The summed E-state index contributed by atoms with van der Waals surface area (Å²) in [6.45, 7) is 0. The highest BCUT2D eigenvalue weighted by Crippen LogP contribution is 2.21. The fraction of sp³-hybridized carbons (Fsp3) is 0.133. The van der Waals surface area contributed by atoms with Gasteiger partial charge in [0.25, 0.3) is 0 Å². The summed E-state index contributed by atoms with van der Waals surface area (Å²) in [5.74, 6) is -0.280. The van der Waals surface area contributed by atoms with Gasteiger partial charge in [-0.2, -0.15) is 0 Å². The smallest absolute Gasteiger partial charge is 0.141 e. The molecule has 0 heterocycles. The van der Waals surface area contributed by atoms with Crippen LogP contribution in [0.3, 0.4) is 0 Å². The number of halogens is 3. The Morgan fingerprint density at radius 2 is 1.79 bits per heavy atom. The third-order valence-electron chi connectivity index (χ3n) is 2.71. The van der Waals surface area contributed by atoms with Gasteiger partial charge in [0, 0.05) is 17.3 Å². The Balaban J connectivity index is 2.08. The predicted octanol–water partition coefficient (Wildman–Crippen LogP) is 4.71. The van der Waals surface area contributed by atoms with Gasteiger partial charge in [0.2, 0.25) is 0 Å². The molecule has 0 atom stereocenters. The Hall–Kier alpha value is -1.00. The Morgan fingerprint density at radius 1 is 1.05 bits per heavy atom. The summed E-state index contributed by atoms with van der Waals surface area (Å²) < 4.78 is 14.7. The van der Waals surface area contributed by atoms with Gasteiger partial charge in [-0.1, -0.05) is 40.2 Å². The number of carbonyl (C=O) groups is 1. The molecule has 0 aliphatic heterocycles. The van der Waals surface area contributed by atoms with Crippen LogP contribution in [0.4, 0.5) is 4.39 Å². The Bertz CT molecular complexity index is 611. The third kappa shape index (κ3) is 3.98. The SMILES string of the molecule is O=C(Cc1cccc(Br)c1)Cc1cccc(F)c1Br. The topological polar surface area (TPSA) is 17.1 Å². The van der Waals surface area contributed by atoms with Gasteiger partial charge in [-0.15, -0.1) is 0 Å². The normalized spacial score (nSPS) is 10.5. The van der Waals surface area contributed by atoms with E-state index in [4.69, 9.17) is 0 Å². The number of rotatable bonds is 4. The van der Waals surface area contributed by atoms with Crippen molar-refractivity contribution in [2.45, 2.75) is 12.8 Å². The molecule has 0 fully saturated rings. The summed E-state index contributed by atoms with van der Waals surface area (Å²) in [7, 11) is 0. The predicted molar refractivity (Wildman–Crippen MR) is 80.7 cm³/mol. The maximum absolute atomic E-state index is 13.3. The molecule has 0 amide bonds. The summed E-state index contributed by atoms with van der Waals surface area (Å²) in [5, 5.41) is 0. The zero-order valence-corrected chi connectivity index (χ0v) is 13.2. The van der Waals surface area contributed by atoms with Crippen LogP contribution in [0.2, 0.25) is 0 Å². The van der Waals surface area contributed by atoms with E-state index in [1.165, 1.54) is 6.07 Å². The first-order valence-electron chi connectivity index (χ1n) is 5.75. The van der Waals surface area contributed by atoms with E-state index in [0.29, 0.717) is 16.5 Å². The average molecular weight is 386 g/mol. The number of carbonyl (C=O) groups excluding carboxylic acids is 1. The standard InChI is InChI=1S/C15H11Br2FO/c16-12-5-1-3-10(7-12)8-13(19)9-11-4-2-6-14(18)15(11)17/h1-7H,8-9H2. The Kier molecular flexibility index (Phi) is 4.88. The van der Waals surface area contributed by atoms with Crippen molar-refractivity contribution in [3.05, 3.63) is 68.4 Å². The first-order chi connectivity index (χ1) is 9.06. The van der Waals surface area contributed by atoms with Crippen molar-refractivity contribution < 1.29 is 9.18 Å². The van der Waals surface area contributed by atoms with Crippen LogP contribution in [0.25, 0.3) is 0 Å². The Labute approximate surface area is 128 Å². The molecule has 0 N–H and O–H groups in total. The van der Waals surface area contributed by atoms with Gasteiger partial charge in [0.15, 0.2) is 0 Å². The van der Waals surface area contributed by atoms with Crippen molar-refractivity contribution in [2.24, 2.45) is 0 Å². The van der Waals surface area contributed by atoms with Crippen molar-refractivity contribution in [1.29, 1.82) is 0 Å². The van der Waals surface area contributed by atoms with Crippen LogP contribution in [0.1, 0.15) is 11.1 Å². The number of benzene rings is 2. The molecular formula is C15H11Br2FO. The number of Topliss-reactive ketones (excluding diaryl/α,β-unsaturated/α-hetero) is 1. The van der Waals surface area contributed by atoms with Crippen LogP contribution in [0.5, 0.6) is 0 Å². The molecule has 0 aliphatic rings. The minimum Gasteiger partial charge on any atom is -0.299 e. The number of ketones is 1. The van der Waals surface area contributed by atoms with Crippen LogP contribution in [0, 0.1) is 5.82 Å². The highest BCUT2D eigenvalue weighted by atomic mass is 79.9. The van der Waals surface area contributed by atoms with Crippen molar-refractivity contribution in [1.82, 2.24) is 0 Å². The number of hydrogen-bond acceptors (Lipinski definition) is 1. The molecule has 2 aromatic carbocycles. The van der Waals surface area contributed by atoms with Gasteiger partial charge in [-0.05, 0) is 45.3 Å². The highest BCUT2D eigenvalue weighted by Gasteiger charge is 2.10. The van der Waals surface area contributed by atoms with Gasteiger partial charge < -0.3 is 0 Å². The monoisotopic (exact) mass is 384 g/mol. The maximum atomic E-state index is 13.3. The zero-order chi connectivity index (χ0) is 13.8. The quantitative estimate of drug-likeness (QED) is 0.745. The lowest BCUT2D eigenvalue weighted by Crippen LogP contribution is -2.07. The molecule has 0 bridgehead atoms. The van der Waals surface area contributed by atoms with Gasteiger partial charge in [-0.3, -0.25) is 4.79 Å². The summed E-state index contributed by atoms with van der Waals surface area (Å²) in [6.07, 6.45) is 0.577. The van der Waals surface area contributed by atoms with E-state index in [1.54, 1.807) is 12.1 Å². The van der Waals surface area contributed by atoms with Gasteiger partial charge in [0.1, 0.15) is 11.6 Å². The summed E-state index contributed by atoms with van der Waals surface area (Å²) >= 11 is 6.54. The molecule has 0 spiro atoms. The molecule has 2 rings (SSSR count). The van der Waals surface area contributed by atoms with Crippen LogP contribution in [-0.4, -0.2) is 5.78 Å². The lowest BCUT2D eigenvalue weighted by Gasteiger charge is -2.05. The molecule has 0 saturated heterocycles. The van der Waals surface area contributed by atoms with E-state index in [0.717, 1.165) is 10.0 Å². The van der Waals surface area contributed by atoms with Crippen LogP contribution >= 0.6 is 31.9 Å². The van der Waals surface area contributed by atoms with E-state index in [-0.39, 0.29) is 18.0 Å². The van der Waals surface area contributed by atoms with Gasteiger partial charge in [-0.25, -0.2) is 4.39 Å². The van der Waals surface area contributed by atoms with Crippen molar-refractivity contribution >= 4 is 37.6 Å². The van der Waals surface area contributed by atoms with E-state index >= 15 is 0 Å². The molecule has 0 unspecified atom stereocenters. The van der Waals surface area contributed by atoms with E-state index < -0.39 is 0 Å². The molecule has 0 aromatic heterocycles. The molecule has 19 heavy (non-hydrogen) atoms. The van der Waals surface area contributed by atoms with E-state index in [9.17, 15) is 9.18 Å². The second kappa shape index (κ2) is 6.44. The highest BCUT2D eigenvalue weighted by molar-refractivity contribution is 9.10. The van der Waals surface area contributed by atoms with Gasteiger partial charge >= 0.3 is 0 Å². The fourth-order valence-electron chi connectivity index (χ4n) is 1.83. The maximum Gasteiger partial charge on any atom is 0.141 e. The molecule has 0 radical (unpaired) electrons. The average Bonchev–Trinajstić information content (AvgIpc) is 2.35. The minimum atomic E-state index is -0.340. The van der Waals surface area contributed by atoms with Gasteiger partial charge in [0.05, 0.1) is 4.47 Å². The first kappa shape index (κ1) is 14.4. The summed E-state index contributed by atoms with van der Waals surface area (Å²) in [6, 6.07) is 12.4. The summed E-state index contributed by atoms with van der Waals surface area (Å²) in [4.78, 5) is 12.0. The van der Waals surface area contributed by atoms with Crippen LogP contribution in [0.15, 0.2) is 51.4 Å². The summed E-state index contributed by atoms with van der Waals surface area (Å²) in [5.41, 5.74) is 1.63. The van der Waals surface area contributed by atoms with Crippen molar-refractivity contribution in [2.75, 3.05) is 0 Å². The number of hydrogen-bond donors (Lipinski definition) is 0. The first-order valence-corrected chi connectivity index (χ1v) is 7.34. The molecular weight excluding hydrogens is 375 g/mol. The lowest BCUT2D eigenvalue weighted by molar-refractivity contribution is -0.117. The Morgan fingerprint density at radius 3 is 2.53 bits per heavy atom. The van der Waals surface area contributed by atoms with E-state index in [1.807, 2.05) is 24.3 Å². The second-order valence-corrected chi connectivity index (χ2v) is 5.94. The zero-order valence-electron chi connectivity index (χ0n) is 10.00. The van der Waals surface area contributed by atoms with Crippen LogP contribution in [-0.2, 0) is 17.6 Å². The molecule has 2 aromatic rings. The molecule has 0 aliphatic carbocycles. The largest absolute Gasteiger partial charge is 0.299 e. The van der Waals surface area contributed by atoms with Crippen molar-refractivity contribution in [3.8, 4) is 0 Å². The van der Waals surface area contributed by atoms with E-state index in [2.05, 4.69) is 31.9 Å². The third-order valence-corrected chi connectivity index (χ3v) is 4.09.